The Morgan fingerprint density at radius 3 is 0.846 bits per heavy atom. The molecule has 0 spiro atoms. The molecule has 222 valence electrons. The van der Waals surface area contributed by atoms with Crippen LogP contribution in [0.15, 0.2) is 24.3 Å². The molecule has 7 heteroatoms. The Morgan fingerprint density at radius 2 is 0.692 bits per heavy atom. The fourth-order valence-corrected chi connectivity index (χ4v) is 3.93. The Hall–Kier alpha value is -0.897. The molecule has 0 aromatic heterocycles. The van der Waals surface area contributed by atoms with Gasteiger partial charge in [0.05, 0.1) is 11.4 Å². The van der Waals surface area contributed by atoms with Gasteiger partial charge in [-0.05, 0) is 44.9 Å². The molecule has 0 fully saturated rings. The third-order valence-electron chi connectivity index (χ3n) is 6.49. The number of hydrogen-bond donors (Lipinski definition) is 2. The molecule has 0 aliphatic rings. The van der Waals surface area contributed by atoms with Gasteiger partial charge in [-0.15, -0.1) is 0 Å². The maximum Gasteiger partial charge on any atom is 2.00 e. The smallest absolute Gasteiger partial charge is 1.00 e. The molecule has 0 saturated heterocycles. The monoisotopic (exact) mass is 658 g/mol. The summed E-state index contributed by atoms with van der Waals surface area (Å²) in [5.41, 5.74) is 6.38. The quantitative estimate of drug-likeness (QED) is 0.519. The second-order valence-electron chi connectivity index (χ2n) is 14.6. The van der Waals surface area contributed by atoms with Gasteiger partial charge in [0.25, 0.3) is 0 Å². The fourth-order valence-electron chi connectivity index (χ4n) is 3.93. The standard InChI is InChI=1S/2C16H27NO.2ClH.Zr/c2*1-15(2,3)11-9-12(16(4,5)6)14(18)13(10-11)17(7)8;;;/h2*9-10,18H,1-8H3;2*1H;/q;;;;+2/p-2. The maximum absolute atomic E-state index is 10.4. The summed E-state index contributed by atoms with van der Waals surface area (Å²) < 4.78 is 0. The first-order valence-electron chi connectivity index (χ1n) is 13.0. The largest absolute Gasteiger partial charge is 2.00 e. The summed E-state index contributed by atoms with van der Waals surface area (Å²) in [7, 11) is 7.86. The molecule has 0 unspecified atom stereocenters. The molecule has 2 rings (SSSR count). The Balaban J connectivity index is -0.000000617. The van der Waals surface area contributed by atoms with Gasteiger partial charge in [0.1, 0.15) is 11.5 Å². The van der Waals surface area contributed by atoms with E-state index < -0.39 is 0 Å². The van der Waals surface area contributed by atoms with E-state index in [9.17, 15) is 10.2 Å². The van der Waals surface area contributed by atoms with Crippen LogP contribution in [-0.4, -0.2) is 38.4 Å². The van der Waals surface area contributed by atoms with Crippen molar-refractivity contribution in [1.29, 1.82) is 0 Å². The second-order valence-corrected chi connectivity index (χ2v) is 14.6. The van der Waals surface area contributed by atoms with Crippen molar-refractivity contribution in [3.05, 3.63) is 46.5 Å². The normalized spacial score (nSPS) is 11.7. The molecule has 0 heterocycles. The molecule has 0 amide bonds. The molecule has 4 nitrogen and oxygen atoms in total. The van der Waals surface area contributed by atoms with Crippen molar-refractivity contribution in [2.75, 3.05) is 38.0 Å². The predicted molar refractivity (Wildman–Crippen MR) is 160 cm³/mol. The van der Waals surface area contributed by atoms with Crippen LogP contribution in [0.2, 0.25) is 0 Å². The summed E-state index contributed by atoms with van der Waals surface area (Å²) in [4.78, 5) is 3.94. The van der Waals surface area contributed by atoms with Crippen LogP contribution < -0.4 is 34.6 Å². The topological polar surface area (TPSA) is 46.9 Å². The molecule has 0 saturated carbocycles. The van der Waals surface area contributed by atoms with Crippen molar-refractivity contribution in [2.45, 2.75) is 105 Å². The number of hydrogen-bond acceptors (Lipinski definition) is 4. The summed E-state index contributed by atoms with van der Waals surface area (Å²) in [6.07, 6.45) is 0. The summed E-state index contributed by atoms with van der Waals surface area (Å²) in [6, 6.07) is 8.46. The minimum absolute atomic E-state index is 0. The van der Waals surface area contributed by atoms with E-state index in [1.54, 1.807) is 0 Å². The third-order valence-corrected chi connectivity index (χ3v) is 6.49. The van der Waals surface area contributed by atoms with Crippen molar-refractivity contribution in [3.63, 3.8) is 0 Å². The van der Waals surface area contributed by atoms with Crippen LogP contribution in [-0.2, 0) is 47.9 Å². The number of benzene rings is 2. The number of phenols is 2. The summed E-state index contributed by atoms with van der Waals surface area (Å²) in [5, 5.41) is 20.9. The Bertz CT molecular complexity index is 971. The van der Waals surface area contributed by atoms with Crippen LogP contribution in [0.25, 0.3) is 0 Å². The first-order chi connectivity index (χ1) is 15.9. The molecule has 2 aromatic rings. The number of anilines is 2. The van der Waals surface area contributed by atoms with Gasteiger partial charge < -0.3 is 44.8 Å². The maximum atomic E-state index is 10.4. The molecule has 2 N–H and O–H groups in total. The first kappa shape index (κ1) is 42.6. The second kappa shape index (κ2) is 14.8. The zero-order valence-electron chi connectivity index (χ0n) is 27.4. The van der Waals surface area contributed by atoms with Gasteiger partial charge in [0.15, 0.2) is 0 Å². The van der Waals surface area contributed by atoms with Gasteiger partial charge in [-0.2, -0.15) is 0 Å². The Morgan fingerprint density at radius 1 is 0.462 bits per heavy atom. The minimum atomic E-state index is -0.0594. The number of phenolic OH excluding ortho intramolecular Hbond substituents is 2. The van der Waals surface area contributed by atoms with Crippen molar-refractivity contribution >= 4 is 11.4 Å². The van der Waals surface area contributed by atoms with Crippen LogP contribution >= 0.6 is 0 Å². The molecule has 0 aliphatic carbocycles. The van der Waals surface area contributed by atoms with Crippen molar-refractivity contribution in [1.82, 2.24) is 0 Å². The van der Waals surface area contributed by atoms with Gasteiger partial charge >= 0.3 is 26.2 Å². The summed E-state index contributed by atoms with van der Waals surface area (Å²) in [6.45, 7) is 26.0. The first-order valence-corrected chi connectivity index (χ1v) is 13.0. The molecule has 2 aromatic carbocycles. The van der Waals surface area contributed by atoms with E-state index in [0.29, 0.717) is 11.5 Å². The van der Waals surface area contributed by atoms with Crippen molar-refractivity contribution in [2.24, 2.45) is 0 Å². The van der Waals surface area contributed by atoms with E-state index in [4.69, 9.17) is 0 Å². The number of nitrogens with zero attached hydrogens (tertiary/aromatic N) is 2. The predicted octanol–water partition coefficient (Wildman–Crippen LogP) is 2.11. The SMILES string of the molecule is CN(C)c1cc(C(C)(C)C)cc(C(C)(C)C)c1O.CN(C)c1cc(C(C)(C)C)cc(C(C)(C)C)c1O.[Cl-].[Cl-].[Zr+2]. The van der Waals surface area contributed by atoms with E-state index in [1.165, 1.54) is 11.1 Å². The van der Waals surface area contributed by atoms with E-state index in [1.807, 2.05) is 38.0 Å². The third kappa shape index (κ3) is 11.5. The Kier molecular flexibility index (Phi) is 16.2. The van der Waals surface area contributed by atoms with Gasteiger partial charge in [-0.1, -0.05) is 95.2 Å². The van der Waals surface area contributed by atoms with Gasteiger partial charge in [-0.25, -0.2) is 0 Å². The molecular formula is C32H54Cl2N2O2Zr. The summed E-state index contributed by atoms with van der Waals surface area (Å²) >= 11 is 0. The molecule has 0 bridgehead atoms. The van der Waals surface area contributed by atoms with Crippen LogP contribution in [0.4, 0.5) is 11.4 Å². The zero-order chi connectivity index (χ0) is 28.6. The average molecular weight is 661 g/mol. The molecule has 0 aliphatic heterocycles. The van der Waals surface area contributed by atoms with Crippen molar-refractivity contribution < 1.29 is 61.2 Å². The minimum Gasteiger partial charge on any atom is -1.00 e. The Labute approximate surface area is 271 Å². The van der Waals surface area contributed by atoms with Crippen LogP contribution in [0.3, 0.4) is 0 Å². The van der Waals surface area contributed by atoms with E-state index in [0.717, 1.165) is 22.5 Å². The van der Waals surface area contributed by atoms with Gasteiger partial charge in [0, 0.05) is 39.3 Å². The zero-order valence-corrected chi connectivity index (χ0v) is 31.3. The average Bonchev–Trinajstić information content (AvgIpc) is 2.64. The van der Waals surface area contributed by atoms with E-state index in [-0.39, 0.29) is 72.7 Å². The number of halogens is 2. The number of aromatic hydroxyl groups is 2. The fraction of sp³-hybridized carbons (Fsp3) is 0.625. The molecule has 0 radical (unpaired) electrons. The molecular weight excluding hydrogens is 606 g/mol. The van der Waals surface area contributed by atoms with Gasteiger partial charge in [-0.3, -0.25) is 0 Å². The molecule has 0 atom stereocenters. The van der Waals surface area contributed by atoms with E-state index in [2.05, 4.69) is 107 Å². The van der Waals surface area contributed by atoms with Crippen LogP contribution in [0.1, 0.15) is 105 Å². The van der Waals surface area contributed by atoms with Crippen molar-refractivity contribution in [3.8, 4) is 11.5 Å². The van der Waals surface area contributed by atoms with Crippen LogP contribution in [0.5, 0.6) is 11.5 Å². The summed E-state index contributed by atoms with van der Waals surface area (Å²) in [5.74, 6) is 0.806. The number of rotatable bonds is 2. The van der Waals surface area contributed by atoms with Crippen LogP contribution in [0, 0.1) is 0 Å². The van der Waals surface area contributed by atoms with Gasteiger partial charge in [0.2, 0.25) is 0 Å². The molecule has 39 heavy (non-hydrogen) atoms. The van der Waals surface area contributed by atoms with E-state index >= 15 is 0 Å².